The van der Waals surface area contributed by atoms with Gasteiger partial charge >= 0.3 is 5.97 Å². The van der Waals surface area contributed by atoms with E-state index in [0.717, 1.165) is 31.2 Å². The number of carboxylic acids is 1. The van der Waals surface area contributed by atoms with Gasteiger partial charge in [-0.1, -0.05) is 18.9 Å². The fourth-order valence-electron chi connectivity index (χ4n) is 4.14. The van der Waals surface area contributed by atoms with Crippen molar-refractivity contribution in [2.45, 2.75) is 50.7 Å². The molecule has 0 bridgehead atoms. The van der Waals surface area contributed by atoms with Gasteiger partial charge in [-0.3, -0.25) is 0 Å². The van der Waals surface area contributed by atoms with E-state index in [2.05, 4.69) is 5.10 Å². The molecule has 0 aliphatic heterocycles. The van der Waals surface area contributed by atoms with Crippen LogP contribution in [0.15, 0.2) is 36.4 Å². The zero-order chi connectivity index (χ0) is 24.2. The largest absolute Gasteiger partial charge is 0.496 e. The van der Waals surface area contributed by atoms with E-state index in [1.54, 1.807) is 20.3 Å². The van der Waals surface area contributed by atoms with Crippen LogP contribution in [0.4, 0.5) is 0 Å². The third-order valence-corrected chi connectivity index (χ3v) is 9.84. The van der Waals surface area contributed by atoms with Crippen LogP contribution in [0.1, 0.15) is 58.8 Å². The second kappa shape index (κ2) is 11.0. The second-order valence-electron chi connectivity index (χ2n) is 8.27. The summed E-state index contributed by atoms with van der Waals surface area (Å²) in [6.07, 6.45) is 4.99. The molecule has 4 rings (SSSR count). The van der Waals surface area contributed by atoms with Gasteiger partial charge in [0.05, 0.1) is 31.5 Å². The van der Waals surface area contributed by atoms with Crippen molar-refractivity contribution in [3.05, 3.63) is 58.9 Å². The number of benzene rings is 1. The lowest BCUT2D eigenvalue weighted by molar-refractivity contribution is 0.0687. The Bertz CT molecular complexity index is 1140. The molecular weight excluding hydrogens is 475 g/mol. The Hall–Kier alpha value is -2.32. The number of carboxylic acid groups (broad SMARTS) is 1. The first-order chi connectivity index (χ1) is 16.4. The Morgan fingerprint density at radius 3 is 2.50 bits per heavy atom. The normalized spacial score (nSPS) is 16.0. The van der Waals surface area contributed by atoms with Crippen molar-refractivity contribution in [2.75, 3.05) is 14.2 Å². The van der Waals surface area contributed by atoms with E-state index in [1.165, 1.54) is 22.2 Å². The van der Waals surface area contributed by atoms with Crippen LogP contribution in [0.3, 0.4) is 0 Å². The van der Waals surface area contributed by atoms with Gasteiger partial charge in [0.15, 0.2) is 0 Å². The van der Waals surface area contributed by atoms with Crippen molar-refractivity contribution in [1.29, 1.82) is 0 Å². The summed E-state index contributed by atoms with van der Waals surface area (Å²) in [5, 5.41) is 25.5. The summed E-state index contributed by atoms with van der Waals surface area (Å²) in [7, 11) is 2.00. The first-order valence-corrected chi connectivity index (χ1v) is 14.1. The summed E-state index contributed by atoms with van der Waals surface area (Å²) in [6, 6.07) is 10.6. The molecule has 10 heteroatoms. The lowest BCUT2D eigenvalue weighted by Crippen LogP contribution is -2.06. The van der Waals surface area contributed by atoms with Crippen LogP contribution in [0, 0.1) is 6.92 Å². The highest BCUT2D eigenvalue weighted by molar-refractivity contribution is 8.53. The number of nitrogens with zero attached hydrogens (tertiary/aromatic N) is 2. The Kier molecular flexibility index (Phi) is 7.99. The standard InChI is InChI=1S/C24H29N2O6PS/c1-15-21(30-2)11-16(12-22(15)31-3)24(29)33(34-32-19-8-4-5-9-19)14-17-13-18-7-6-10-20(23(27)28)26(18)25-17/h6-7,10-13,19,24,29H,4-5,8-9,14H2,1-3H3,(H,27,28). The van der Waals surface area contributed by atoms with Gasteiger partial charge in [0.1, 0.15) is 23.0 Å². The molecule has 34 heavy (non-hydrogen) atoms. The smallest absolute Gasteiger partial charge is 0.354 e. The minimum absolute atomic E-state index is 0.0940. The third-order valence-electron chi connectivity index (χ3n) is 6.00. The maximum absolute atomic E-state index is 11.6. The number of aliphatic hydroxyl groups excluding tert-OH is 1. The molecule has 0 saturated heterocycles. The number of ether oxygens (including phenoxy) is 2. The van der Waals surface area contributed by atoms with E-state index in [9.17, 15) is 15.0 Å². The van der Waals surface area contributed by atoms with Gasteiger partial charge in [0, 0.05) is 30.5 Å². The van der Waals surface area contributed by atoms with Crippen LogP contribution in [0.25, 0.3) is 5.52 Å². The van der Waals surface area contributed by atoms with Gasteiger partial charge in [-0.05, 0) is 55.7 Å². The number of carbonyl (C=O) groups is 1. The fourth-order valence-corrected chi connectivity index (χ4v) is 7.69. The van der Waals surface area contributed by atoms with Crippen LogP contribution >= 0.6 is 18.8 Å². The van der Waals surface area contributed by atoms with Gasteiger partial charge in [0.2, 0.25) is 0 Å². The molecule has 1 saturated carbocycles. The summed E-state index contributed by atoms with van der Waals surface area (Å²) >= 11 is 1.34. The molecule has 0 spiro atoms. The molecule has 2 heterocycles. The van der Waals surface area contributed by atoms with Crippen molar-refractivity contribution in [1.82, 2.24) is 9.61 Å². The van der Waals surface area contributed by atoms with Gasteiger partial charge in [0.25, 0.3) is 0 Å². The highest BCUT2D eigenvalue weighted by atomic mass is 32.7. The van der Waals surface area contributed by atoms with Gasteiger partial charge in [-0.25, -0.2) is 9.31 Å². The maximum atomic E-state index is 11.6. The number of aromatic carboxylic acids is 1. The predicted octanol–water partition coefficient (Wildman–Crippen LogP) is 5.55. The summed E-state index contributed by atoms with van der Waals surface area (Å²) in [5.41, 5.74) is 3.04. The van der Waals surface area contributed by atoms with Crippen LogP contribution in [-0.2, 0) is 10.3 Å². The van der Waals surface area contributed by atoms with Crippen molar-refractivity contribution in [3.8, 4) is 11.5 Å². The second-order valence-corrected chi connectivity index (χ2v) is 12.1. The number of aromatic nitrogens is 2. The van der Waals surface area contributed by atoms with Crippen molar-refractivity contribution in [3.63, 3.8) is 0 Å². The fraction of sp³-hybridized carbons (Fsp3) is 0.417. The lowest BCUT2D eigenvalue weighted by Gasteiger charge is -2.24. The number of methoxy groups -OCH3 is 2. The zero-order valence-corrected chi connectivity index (χ0v) is 21.1. The number of fused-ring (bicyclic) bond motifs is 1. The Morgan fingerprint density at radius 1 is 1.21 bits per heavy atom. The van der Waals surface area contributed by atoms with Crippen molar-refractivity contribution >= 4 is 30.3 Å². The van der Waals surface area contributed by atoms with E-state index in [-0.39, 0.29) is 11.8 Å². The molecule has 2 N–H and O–H groups in total. The number of rotatable bonds is 10. The SMILES string of the molecule is COc1cc(C(O)P(Cc2cc3cccc(C(=O)O)n3n2)SOC2CCCC2)cc(OC)c1C. The third kappa shape index (κ3) is 5.33. The number of pyridine rings is 1. The Morgan fingerprint density at radius 2 is 1.88 bits per heavy atom. The first kappa shape index (κ1) is 24.8. The van der Waals surface area contributed by atoms with E-state index < -0.39 is 18.9 Å². The summed E-state index contributed by atoms with van der Waals surface area (Å²) in [6.45, 7) is 1.91. The van der Waals surface area contributed by atoms with E-state index in [0.29, 0.717) is 34.4 Å². The molecule has 3 aromatic rings. The molecule has 1 aromatic carbocycles. The average molecular weight is 505 g/mol. The van der Waals surface area contributed by atoms with Gasteiger partial charge < -0.3 is 23.9 Å². The van der Waals surface area contributed by atoms with E-state index >= 15 is 0 Å². The summed E-state index contributed by atoms with van der Waals surface area (Å²) < 4.78 is 18.6. The molecule has 182 valence electrons. The van der Waals surface area contributed by atoms with E-state index in [4.69, 9.17) is 13.7 Å². The van der Waals surface area contributed by atoms with Gasteiger partial charge in [-0.15, -0.1) is 0 Å². The predicted molar refractivity (Wildman–Crippen MR) is 133 cm³/mol. The summed E-state index contributed by atoms with van der Waals surface area (Å²) in [5.74, 6) is -0.582. The van der Waals surface area contributed by atoms with Gasteiger partial charge in [-0.2, -0.15) is 5.10 Å². The number of aliphatic hydroxyl groups is 1. The first-order valence-electron chi connectivity index (χ1n) is 11.1. The Balaban J connectivity index is 1.64. The van der Waals surface area contributed by atoms with Crippen molar-refractivity contribution in [2.24, 2.45) is 0 Å². The molecule has 1 fully saturated rings. The zero-order valence-electron chi connectivity index (χ0n) is 19.4. The highest BCUT2D eigenvalue weighted by Gasteiger charge is 2.28. The minimum Gasteiger partial charge on any atom is -0.496 e. The molecule has 0 amide bonds. The summed E-state index contributed by atoms with van der Waals surface area (Å²) in [4.78, 5) is 11.6. The molecule has 1 aliphatic carbocycles. The molecule has 2 aromatic heterocycles. The maximum Gasteiger partial charge on any atom is 0.354 e. The quantitative estimate of drug-likeness (QED) is 0.274. The molecule has 8 nitrogen and oxygen atoms in total. The van der Waals surface area contributed by atoms with Crippen LogP contribution in [-0.4, -0.2) is 46.1 Å². The van der Waals surface area contributed by atoms with Crippen LogP contribution < -0.4 is 9.47 Å². The minimum atomic E-state index is -1.18. The van der Waals surface area contributed by atoms with Crippen molar-refractivity contribution < 1.29 is 28.7 Å². The molecule has 2 atom stereocenters. The molecule has 1 aliphatic rings. The molecular formula is C24H29N2O6PS. The topological polar surface area (TPSA) is 103 Å². The lowest BCUT2D eigenvalue weighted by atomic mass is 10.1. The Labute approximate surface area is 203 Å². The number of hydrogen-bond acceptors (Lipinski definition) is 7. The van der Waals surface area contributed by atoms with Crippen LogP contribution in [0.2, 0.25) is 0 Å². The van der Waals surface area contributed by atoms with Crippen LogP contribution in [0.5, 0.6) is 11.5 Å². The average Bonchev–Trinajstić information content (AvgIpc) is 3.50. The number of hydrogen-bond donors (Lipinski definition) is 2. The van der Waals surface area contributed by atoms with E-state index in [1.807, 2.05) is 31.2 Å². The molecule has 0 radical (unpaired) electrons. The monoisotopic (exact) mass is 504 g/mol. The molecule has 2 unspecified atom stereocenters. The highest BCUT2D eigenvalue weighted by Crippen LogP contribution is 2.63.